The van der Waals surface area contributed by atoms with Crippen LogP contribution in [0.1, 0.15) is 11.4 Å². The summed E-state index contributed by atoms with van der Waals surface area (Å²) in [6, 6.07) is 12.8. The molecule has 3 aromatic heterocycles. The van der Waals surface area contributed by atoms with E-state index < -0.39 is 17.4 Å². The summed E-state index contributed by atoms with van der Waals surface area (Å²) in [5.41, 5.74) is 5.37. The average Bonchev–Trinajstić information content (AvgIpc) is 3.29. The number of aryl methyl sites for hydroxylation is 1. The zero-order valence-electron chi connectivity index (χ0n) is 16.0. The number of oxazole rings is 1. The van der Waals surface area contributed by atoms with Crippen LogP contribution in [0.25, 0.3) is 39.3 Å². The van der Waals surface area contributed by atoms with Crippen molar-refractivity contribution >= 4 is 22.4 Å². The van der Waals surface area contributed by atoms with Gasteiger partial charge in [-0.25, -0.2) is 4.98 Å². The van der Waals surface area contributed by atoms with Gasteiger partial charge in [0.2, 0.25) is 5.89 Å². The summed E-state index contributed by atoms with van der Waals surface area (Å²) in [4.78, 5) is 20.4. The molecule has 0 saturated carbocycles. The number of H-pyrrole nitrogens is 1. The van der Waals surface area contributed by atoms with E-state index in [9.17, 15) is 18.0 Å². The lowest BCUT2D eigenvalue weighted by Gasteiger charge is -2.07. The van der Waals surface area contributed by atoms with Crippen molar-refractivity contribution in [1.82, 2.24) is 19.6 Å². The number of nitrogen functional groups attached to an aromatic ring is 1. The predicted octanol–water partition coefficient (Wildman–Crippen LogP) is 4.41. The highest BCUT2D eigenvalue weighted by Crippen LogP contribution is 2.38. The molecule has 0 amide bonds. The van der Waals surface area contributed by atoms with Crippen LogP contribution in [-0.2, 0) is 6.18 Å². The highest BCUT2D eigenvalue weighted by atomic mass is 19.4. The summed E-state index contributed by atoms with van der Waals surface area (Å²) >= 11 is 0. The van der Waals surface area contributed by atoms with E-state index in [2.05, 4.69) is 15.1 Å². The Bertz CT molecular complexity index is 1510. The van der Waals surface area contributed by atoms with Gasteiger partial charge in [-0.15, -0.1) is 0 Å². The minimum absolute atomic E-state index is 0.0156. The van der Waals surface area contributed by atoms with Gasteiger partial charge >= 0.3 is 6.18 Å². The molecular weight excluding hydrogens is 411 g/mol. The number of halogens is 3. The lowest BCUT2D eigenvalue weighted by atomic mass is 10.1. The number of nitrogens with two attached hydrogens (primary N) is 1. The van der Waals surface area contributed by atoms with Gasteiger partial charge < -0.3 is 15.1 Å². The molecule has 31 heavy (non-hydrogen) atoms. The lowest BCUT2D eigenvalue weighted by Crippen LogP contribution is -2.19. The first-order chi connectivity index (χ1) is 14.7. The van der Waals surface area contributed by atoms with Gasteiger partial charge in [-0.1, -0.05) is 30.3 Å². The van der Waals surface area contributed by atoms with Crippen molar-refractivity contribution in [3.8, 4) is 22.6 Å². The van der Waals surface area contributed by atoms with Gasteiger partial charge in [0.15, 0.2) is 11.3 Å². The van der Waals surface area contributed by atoms with E-state index in [1.54, 1.807) is 43.3 Å². The molecule has 0 radical (unpaired) electrons. The average molecular weight is 425 g/mol. The Morgan fingerprint density at radius 3 is 2.55 bits per heavy atom. The first-order valence-corrected chi connectivity index (χ1v) is 9.18. The van der Waals surface area contributed by atoms with Gasteiger partial charge in [-0.2, -0.15) is 22.8 Å². The van der Waals surface area contributed by atoms with E-state index in [0.29, 0.717) is 27.0 Å². The summed E-state index contributed by atoms with van der Waals surface area (Å²) in [7, 11) is 0. The van der Waals surface area contributed by atoms with Crippen LogP contribution in [0.2, 0.25) is 0 Å². The number of nitrogens with one attached hydrogen (secondary N) is 1. The van der Waals surface area contributed by atoms with Crippen LogP contribution < -0.4 is 11.3 Å². The second-order valence-corrected chi connectivity index (χ2v) is 7.02. The number of aromatic amines is 1. The smallest absolute Gasteiger partial charge is 0.435 e. The van der Waals surface area contributed by atoms with Crippen molar-refractivity contribution in [2.45, 2.75) is 13.1 Å². The van der Waals surface area contributed by atoms with Gasteiger partial charge in [0.05, 0.1) is 5.56 Å². The molecular formula is C21H14F3N5O2. The number of anilines is 1. The number of alkyl halides is 3. The molecule has 0 aliphatic heterocycles. The van der Waals surface area contributed by atoms with E-state index in [4.69, 9.17) is 10.2 Å². The van der Waals surface area contributed by atoms with Crippen LogP contribution in [-0.4, -0.2) is 19.6 Å². The molecule has 0 spiro atoms. The van der Waals surface area contributed by atoms with Crippen LogP contribution in [0, 0.1) is 6.92 Å². The topological polar surface area (TPSA) is 102 Å². The third-order valence-electron chi connectivity index (χ3n) is 4.93. The molecule has 0 bridgehead atoms. The minimum Gasteiger partial charge on any atom is -0.436 e. The van der Waals surface area contributed by atoms with Crippen molar-refractivity contribution in [1.29, 1.82) is 0 Å². The third-order valence-corrected chi connectivity index (χ3v) is 4.93. The van der Waals surface area contributed by atoms with Crippen molar-refractivity contribution in [2.75, 3.05) is 5.73 Å². The van der Waals surface area contributed by atoms with Gasteiger partial charge in [0, 0.05) is 17.4 Å². The molecule has 7 nitrogen and oxygen atoms in total. The zero-order chi connectivity index (χ0) is 21.9. The fourth-order valence-corrected chi connectivity index (χ4v) is 3.56. The van der Waals surface area contributed by atoms with Crippen LogP contribution in [0.3, 0.4) is 0 Å². The molecule has 0 atom stereocenters. The minimum atomic E-state index is -4.76. The fraction of sp³-hybridized carbons (Fsp3) is 0.0952. The first kappa shape index (κ1) is 18.9. The summed E-state index contributed by atoms with van der Waals surface area (Å²) in [5, 5.41) is 3.61. The summed E-state index contributed by atoms with van der Waals surface area (Å²) in [6.45, 7) is 1.56. The van der Waals surface area contributed by atoms with Crippen LogP contribution in [0.4, 0.5) is 18.9 Å². The lowest BCUT2D eigenvalue weighted by molar-refractivity contribution is -0.140. The normalized spacial score (nSPS) is 12.1. The molecule has 5 rings (SSSR count). The number of benzene rings is 2. The van der Waals surface area contributed by atoms with Gasteiger partial charge in [-0.05, 0) is 24.6 Å². The van der Waals surface area contributed by atoms with E-state index in [0.717, 1.165) is 0 Å². The molecule has 0 aliphatic rings. The van der Waals surface area contributed by atoms with Crippen LogP contribution in [0.15, 0.2) is 57.7 Å². The fourth-order valence-electron chi connectivity index (χ4n) is 3.56. The zero-order valence-corrected chi connectivity index (χ0v) is 16.0. The highest BCUT2D eigenvalue weighted by molar-refractivity contribution is 5.82. The van der Waals surface area contributed by atoms with Gasteiger partial charge in [-0.3, -0.25) is 4.79 Å². The number of rotatable bonds is 2. The molecule has 0 aliphatic carbocycles. The molecule has 0 saturated heterocycles. The summed E-state index contributed by atoms with van der Waals surface area (Å²) < 4.78 is 47.7. The van der Waals surface area contributed by atoms with Crippen molar-refractivity contribution < 1.29 is 17.6 Å². The second kappa shape index (κ2) is 6.46. The monoisotopic (exact) mass is 425 g/mol. The van der Waals surface area contributed by atoms with E-state index >= 15 is 0 Å². The molecule has 3 N–H and O–H groups in total. The van der Waals surface area contributed by atoms with Crippen molar-refractivity contribution in [3.63, 3.8) is 0 Å². The Morgan fingerprint density at radius 2 is 1.84 bits per heavy atom. The molecule has 5 aromatic rings. The Balaban J connectivity index is 1.83. The molecule has 3 heterocycles. The number of aromatic nitrogens is 4. The van der Waals surface area contributed by atoms with Crippen molar-refractivity contribution in [3.05, 3.63) is 70.3 Å². The molecule has 156 valence electrons. The van der Waals surface area contributed by atoms with E-state index in [1.165, 1.54) is 12.1 Å². The summed E-state index contributed by atoms with van der Waals surface area (Å²) in [5.74, 6) is -0.0356. The molecule has 10 heteroatoms. The predicted molar refractivity (Wildman–Crippen MR) is 108 cm³/mol. The maximum atomic E-state index is 13.8. The van der Waals surface area contributed by atoms with Crippen LogP contribution in [0.5, 0.6) is 0 Å². The Hall–Kier alpha value is -4.08. The largest absolute Gasteiger partial charge is 0.436 e. The van der Waals surface area contributed by atoms with Gasteiger partial charge in [0.1, 0.15) is 16.7 Å². The Kier molecular flexibility index (Phi) is 3.94. The number of hydrogen-bond donors (Lipinski definition) is 2. The SMILES string of the molecule is Cc1[nH]c2c(-c3ccccc3)c(C(F)(F)F)nn2c(=O)c1-c1nc2ccc(N)cc2o1. The maximum Gasteiger partial charge on any atom is 0.435 e. The third kappa shape index (κ3) is 2.95. The first-order valence-electron chi connectivity index (χ1n) is 9.18. The second-order valence-electron chi connectivity index (χ2n) is 7.02. The molecule has 0 unspecified atom stereocenters. The maximum absolute atomic E-state index is 13.8. The quantitative estimate of drug-likeness (QED) is 0.408. The van der Waals surface area contributed by atoms with E-state index in [1.807, 2.05) is 0 Å². The van der Waals surface area contributed by atoms with Gasteiger partial charge in [0.25, 0.3) is 5.56 Å². The number of nitrogens with zero attached hydrogens (tertiary/aromatic N) is 3. The standard InChI is InChI=1S/C21H14F3N5O2/c1-10-15(19-27-13-8-7-12(25)9-14(13)31-19)20(30)29-18(26-10)16(11-5-3-2-4-6-11)17(28-29)21(22,23)24/h2-9,26H,25H2,1H3. The Morgan fingerprint density at radius 1 is 1.10 bits per heavy atom. The number of hydrogen-bond acceptors (Lipinski definition) is 5. The van der Waals surface area contributed by atoms with Crippen LogP contribution >= 0.6 is 0 Å². The van der Waals surface area contributed by atoms with Crippen molar-refractivity contribution in [2.24, 2.45) is 0 Å². The number of fused-ring (bicyclic) bond motifs is 2. The highest BCUT2D eigenvalue weighted by Gasteiger charge is 2.39. The summed E-state index contributed by atoms with van der Waals surface area (Å²) in [6.07, 6.45) is -4.76. The Labute approximate surface area is 171 Å². The molecule has 2 aromatic carbocycles. The van der Waals surface area contributed by atoms with E-state index in [-0.39, 0.29) is 28.2 Å². The molecule has 0 fully saturated rings.